The number of nitro groups is 1. The molecule has 21 heavy (non-hydrogen) atoms. The smallest absolute Gasteiger partial charge is 0.314 e. The molecule has 5 nitrogen and oxygen atoms in total. The van der Waals surface area contributed by atoms with E-state index >= 15 is 0 Å². The van der Waals surface area contributed by atoms with Crippen LogP contribution in [-0.2, 0) is 0 Å². The highest BCUT2D eigenvalue weighted by atomic mass is 79.9. The number of hydrogen-bond donors (Lipinski definition) is 0. The Hall–Kier alpha value is -2.28. The Labute approximate surface area is 127 Å². The molecule has 108 valence electrons. The van der Waals surface area contributed by atoms with Crippen LogP contribution in [-0.4, -0.2) is 10.7 Å². The third-order valence-electron chi connectivity index (χ3n) is 2.68. The molecular weight excluding hydrogens is 345 g/mol. The van der Waals surface area contributed by atoms with Gasteiger partial charge in [-0.2, -0.15) is 0 Å². The summed E-state index contributed by atoms with van der Waals surface area (Å²) in [5, 5.41) is 10.9. The van der Waals surface area contributed by atoms with Crippen molar-refractivity contribution in [2.24, 2.45) is 0 Å². The topological polar surface area (TPSA) is 69.4 Å². The van der Waals surface area contributed by atoms with Gasteiger partial charge in [0.25, 0.3) is 0 Å². The molecule has 2 rings (SSSR count). The largest absolute Gasteiger partial charge is 0.449 e. The third-order valence-corrected chi connectivity index (χ3v) is 3.30. The van der Waals surface area contributed by atoms with Crippen molar-refractivity contribution in [2.75, 3.05) is 0 Å². The SMILES string of the molecule is CC(=O)c1ccc(Oc2ccc(F)cc2[N+](=O)[O-])c(Br)c1. The van der Waals surface area contributed by atoms with E-state index in [1.54, 1.807) is 6.07 Å². The molecule has 0 amide bonds. The molecule has 0 aliphatic heterocycles. The second kappa shape index (κ2) is 6.01. The van der Waals surface area contributed by atoms with Crippen molar-refractivity contribution in [1.82, 2.24) is 0 Å². The van der Waals surface area contributed by atoms with Crippen molar-refractivity contribution in [3.05, 3.63) is 62.4 Å². The van der Waals surface area contributed by atoms with E-state index in [4.69, 9.17) is 4.74 Å². The summed E-state index contributed by atoms with van der Waals surface area (Å²) in [6, 6.07) is 7.63. The van der Waals surface area contributed by atoms with E-state index in [0.29, 0.717) is 10.0 Å². The van der Waals surface area contributed by atoms with E-state index in [9.17, 15) is 19.3 Å². The van der Waals surface area contributed by atoms with Crippen LogP contribution in [0.4, 0.5) is 10.1 Å². The van der Waals surface area contributed by atoms with Crippen LogP contribution in [0.2, 0.25) is 0 Å². The lowest BCUT2D eigenvalue weighted by molar-refractivity contribution is -0.385. The summed E-state index contributed by atoms with van der Waals surface area (Å²) < 4.78 is 19.0. The number of nitro benzene ring substituents is 1. The minimum Gasteiger partial charge on any atom is -0.449 e. The molecule has 2 aromatic rings. The minimum atomic E-state index is -0.726. The van der Waals surface area contributed by atoms with Gasteiger partial charge in [-0.05, 0) is 53.2 Å². The Bertz CT molecular complexity index is 733. The summed E-state index contributed by atoms with van der Waals surface area (Å²) in [6.07, 6.45) is 0. The van der Waals surface area contributed by atoms with Crippen molar-refractivity contribution in [1.29, 1.82) is 0 Å². The average Bonchev–Trinajstić information content (AvgIpc) is 2.42. The van der Waals surface area contributed by atoms with Crippen LogP contribution in [0.15, 0.2) is 40.9 Å². The van der Waals surface area contributed by atoms with Crippen LogP contribution in [0.25, 0.3) is 0 Å². The molecule has 0 heterocycles. The van der Waals surface area contributed by atoms with Gasteiger partial charge in [-0.15, -0.1) is 0 Å². The Morgan fingerprint density at radius 2 is 1.90 bits per heavy atom. The number of benzene rings is 2. The maximum absolute atomic E-state index is 13.1. The van der Waals surface area contributed by atoms with Gasteiger partial charge in [-0.3, -0.25) is 14.9 Å². The number of ketones is 1. The van der Waals surface area contributed by atoms with Crippen molar-refractivity contribution in [3.63, 3.8) is 0 Å². The van der Waals surface area contributed by atoms with Gasteiger partial charge < -0.3 is 4.74 Å². The molecule has 0 fully saturated rings. The highest BCUT2D eigenvalue weighted by Crippen LogP contribution is 2.35. The van der Waals surface area contributed by atoms with Crippen molar-refractivity contribution in [2.45, 2.75) is 6.92 Å². The Balaban J connectivity index is 2.39. The van der Waals surface area contributed by atoms with Crippen molar-refractivity contribution in [3.8, 4) is 11.5 Å². The monoisotopic (exact) mass is 353 g/mol. The molecule has 0 saturated carbocycles. The van der Waals surface area contributed by atoms with Gasteiger partial charge in [0, 0.05) is 5.56 Å². The normalized spacial score (nSPS) is 10.2. The van der Waals surface area contributed by atoms with Gasteiger partial charge in [-0.25, -0.2) is 4.39 Å². The standard InChI is InChI=1S/C14H9BrFNO4/c1-8(18)9-2-4-13(11(15)6-9)21-14-5-3-10(16)7-12(14)17(19)20/h2-7H,1H3. The first-order valence-corrected chi connectivity index (χ1v) is 6.60. The first-order chi connectivity index (χ1) is 9.88. The molecular formula is C14H9BrFNO4. The summed E-state index contributed by atoms with van der Waals surface area (Å²) >= 11 is 3.23. The molecule has 0 aliphatic carbocycles. The third kappa shape index (κ3) is 3.43. The van der Waals surface area contributed by atoms with Crippen LogP contribution < -0.4 is 4.74 Å². The number of carbonyl (C=O) groups is 1. The summed E-state index contributed by atoms with van der Waals surface area (Å²) in [6.45, 7) is 1.42. The quantitative estimate of drug-likeness (QED) is 0.461. The van der Waals surface area contributed by atoms with Gasteiger partial charge in [0.1, 0.15) is 11.6 Å². The number of Topliss-reactive ketones (excluding diaryl/α,β-unsaturated/α-hetero) is 1. The van der Waals surface area contributed by atoms with Crippen LogP contribution in [0, 0.1) is 15.9 Å². The molecule has 7 heteroatoms. The van der Waals surface area contributed by atoms with E-state index in [2.05, 4.69) is 15.9 Å². The zero-order valence-corrected chi connectivity index (χ0v) is 12.4. The van der Waals surface area contributed by atoms with Crippen LogP contribution in [0.1, 0.15) is 17.3 Å². The summed E-state index contributed by atoms with van der Waals surface area (Å²) in [7, 11) is 0. The molecule has 0 bridgehead atoms. The fourth-order valence-electron chi connectivity index (χ4n) is 1.64. The van der Waals surface area contributed by atoms with Crippen LogP contribution in [0.3, 0.4) is 0 Å². The Kier molecular flexibility index (Phi) is 4.32. The van der Waals surface area contributed by atoms with E-state index in [0.717, 1.165) is 12.1 Å². The highest BCUT2D eigenvalue weighted by Gasteiger charge is 2.18. The van der Waals surface area contributed by atoms with Gasteiger partial charge in [0.15, 0.2) is 5.78 Å². The number of halogens is 2. The Morgan fingerprint density at radius 1 is 1.24 bits per heavy atom. The lowest BCUT2D eigenvalue weighted by Crippen LogP contribution is -1.96. The molecule has 0 N–H and O–H groups in total. The van der Waals surface area contributed by atoms with Crippen LogP contribution in [0.5, 0.6) is 11.5 Å². The first-order valence-electron chi connectivity index (χ1n) is 5.81. The van der Waals surface area contributed by atoms with Gasteiger partial charge in [0.05, 0.1) is 15.5 Å². The van der Waals surface area contributed by atoms with Crippen molar-refractivity contribution >= 4 is 27.4 Å². The fraction of sp³-hybridized carbons (Fsp3) is 0.0714. The molecule has 0 radical (unpaired) electrons. The fourth-order valence-corrected chi connectivity index (χ4v) is 2.10. The van der Waals surface area contributed by atoms with E-state index in [1.807, 2.05) is 0 Å². The number of ether oxygens (including phenoxy) is 1. The second-order valence-electron chi connectivity index (χ2n) is 4.17. The molecule has 0 saturated heterocycles. The minimum absolute atomic E-state index is 0.0855. The summed E-state index contributed by atoms with van der Waals surface area (Å²) in [4.78, 5) is 21.4. The second-order valence-corrected chi connectivity index (χ2v) is 5.03. The van der Waals surface area contributed by atoms with Crippen LogP contribution >= 0.6 is 15.9 Å². The molecule has 0 atom stereocenters. The van der Waals surface area contributed by atoms with E-state index in [1.165, 1.54) is 25.1 Å². The number of carbonyl (C=O) groups excluding carboxylic acids is 1. The van der Waals surface area contributed by atoms with E-state index < -0.39 is 16.4 Å². The maximum Gasteiger partial charge on any atom is 0.314 e. The molecule has 0 spiro atoms. The zero-order chi connectivity index (χ0) is 15.6. The zero-order valence-electron chi connectivity index (χ0n) is 10.8. The molecule has 0 aromatic heterocycles. The van der Waals surface area contributed by atoms with Gasteiger partial charge >= 0.3 is 5.69 Å². The summed E-state index contributed by atoms with van der Waals surface area (Å²) in [5.74, 6) is -0.637. The number of nitrogens with zero attached hydrogens (tertiary/aromatic N) is 1. The lowest BCUT2D eigenvalue weighted by Gasteiger charge is -2.09. The number of rotatable bonds is 4. The van der Waals surface area contributed by atoms with Crippen molar-refractivity contribution < 1.29 is 18.8 Å². The Morgan fingerprint density at radius 3 is 2.48 bits per heavy atom. The lowest BCUT2D eigenvalue weighted by atomic mass is 10.1. The van der Waals surface area contributed by atoms with E-state index in [-0.39, 0.29) is 17.3 Å². The molecule has 2 aromatic carbocycles. The van der Waals surface area contributed by atoms with Gasteiger partial charge in [0.2, 0.25) is 5.75 Å². The molecule has 0 unspecified atom stereocenters. The number of hydrogen-bond acceptors (Lipinski definition) is 4. The average molecular weight is 354 g/mol. The maximum atomic E-state index is 13.1. The predicted molar refractivity (Wildman–Crippen MR) is 77.3 cm³/mol. The molecule has 0 aliphatic rings. The highest BCUT2D eigenvalue weighted by molar-refractivity contribution is 9.10. The summed E-state index contributed by atoms with van der Waals surface area (Å²) in [5.41, 5.74) is 0.000347. The first kappa shape index (κ1) is 15.1. The predicted octanol–water partition coefficient (Wildman–Crippen LogP) is 4.49. The van der Waals surface area contributed by atoms with Gasteiger partial charge in [-0.1, -0.05) is 0 Å².